The maximum Gasteiger partial charge on any atom is 0.309 e. The Bertz CT molecular complexity index is 943. The lowest BCUT2D eigenvalue weighted by Gasteiger charge is -2.18. The maximum absolute atomic E-state index is 12.1. The highest BCUT2D eigenvalue weighted by Gasteiger charge is 2.32. The summed E-state index contributed by atoms with van der Waals surface area (Å²) in [4.78, 5) is 35.1. The Balaban J connectivity index is 1.59. The van der Waals surface area contributed by atoms with E-state index in [1.807, 2.05) is 24.3 Å². The molecule has 0 bridgehead atoms. The molecule has 0 radical (unpaired) electrons. The highest BCUT2D eigenvalue weighted by atomic mass is 16.5. The molecule has 7 nitrogen and oxygen atoms in total. The lowest BCUT2D eigenvalue weighted by molar-refractivity contribution is -0.145. The molecule has 1 aliphatic heterocycles. The predicted octanol–water partition coefficient (Wildman–Crippen LogP) is 2.31. The number of hydrogen-bond acceptors (Lipinski definition) is 6. The molecule has 1 saturated heterocycles. The summed E-state index contributed by atoms with van der Waals surface area (Å²) < 4.78 is 10.3. The van der Waals surface area contributed by atoms with Crippen molar-refractivity contribution in [3.05, 3.63) is 35.5 Å². The van der Waals surface area contributed by atoms with Crippen LogP contribution in [0.2, 0.25) is 0 Å². The number of amides is 2. The number of carbonyl (C=O) groups excluding carboxylic acids is 3. The van der Waals surface area contributed by atoms with Crippen molar-refractivity contribution in [1.82, 2.24) is 10.5 Å². The number of aromatic nitrogens is 1. The van der Waals surface area contributed by atoms with E-state index in [-0.39, 0.29) is 23.7 Å². The number of hydrogen-bond donors (Lipinski definition) is 1. The molecule has 1 aromatic carbocycles. The van der Waals surface area contributed by atoms with Crippen LogP contribution in [0.25, 0.3) is 16.5 Å². The number of carbonyl (C=O) groups is 3. The van der Waals surface area contributed by atoms with Gasteiger partial charge in [-0.15, -0.1) is 0 Å². The van der Waals surface area contributed by atoms with Crippen LogP contribution in [0.15, 0.2) is 28.8 Å². The number of ether oxygens (including phenoxy) is 1. The first-order chi connectivity index (χ1) is 12.6. The van der Waals surface area contributed by atoms with Gasteiger partial charge in [0, 0.05) is 11.8 Å². The SMILES string of the molecule is COC(=O)C1CC=C(c2ccc3c(C4CCC(=O)NC4=O)noc3c2)C1. The van der Waals surface area contributed by atoms with Gasteiger partial charge >= 0.3 is 5.97 Å². The van der Waals surface area contributed by atoms with Crippen molar-refractivity contribution in [3.8, 4) is 0 Å². The molecular formula is C19H18N2O5. The third-order valence-electron chi connectivity index (χ3n) is 5.09. The number of fused-ring (bicyclic) bond motifs is 1. The van der Waals surface area contributed by atoms with Crippen molar-refractivity contribution in [2.24, 2.45) is 5.92 Å². The predicted molar refractivity (Wildman–Crippen MR) is 91.9 cm³/mol. The third kappa shape index (κ3) is 2.79. The smallest absolute Gasteiger partial charge is 0.309 e. The molecule has 1 N–H and O–H groups in total. The van der Waals surface area contributed by atoms with Gasteiger partial charge in [-0.05, 0) is 42.5 Å². The second-order valence-corrected chi connectivity index (χ2v) is 6.67. The first kappa shape index (κ1) is 16.5. The van der Waals surface area contributed by atoms with E-state index in [4.69, 9.17) is 9.26 Å². The Hall–Kier alpha value is -2.96. The van der Waals surface area contributed by atoms with Crippen LogP contribution >= 0.6 is 0 Å². The normalized spacial score (nSPS) is 23.0. The fourth-order valence-corrected chi connectivity index (χ4v) is 3.66. The number of imide groups is 1. The number of esters is 1. The summed E-state index contributed by atoms with van der Waals surface area (Å²) >= 11 is 0. The molecule has 4 rings (SSSR count). The molecule has 2 amide bonds. The molecule has 1 aromatic heterocycles. The topological polar surface area (TPSA) is 98.5 Å². The zero-order valence-corrected chi connectivity index (χ0v) is 14.3. The van der Waals surface area contributed by atoms with Gasteiger partial charge in [-0.1, -0.05) is 17.3 Å². The summed E-state index contributed by atoms with van der Waals surface area (Å²) in [5.41, 5.74) is 3.19. The number of nitrogens with one attached hydrogen (secondary N) is 1. The highest BCUT2D eigenvalue weighted by molar-refractivity contribution is 6.02. The molecule has 2 aromatic rings. The average Bonchev–Trinajstić information content (AvgIpc) is 3.28. The summed E-state index contributed by atoms with van der Waals surface area (Å²) in [5.74, 6) is -1.40. The van der Waals surface area contributed by atoms with Crippen LogP contribution in [0.5, 0.6) is 0 Å². The molecule has 0 saturated carbocycles. The van der Waals surface area contributed by atoms with Gasteiger partial charge in [0.25, 0.3) is 0 Å². The fourth-order valence-electron chi connectivity index (χ4n) is 3.66. The van der Waals surface area contributed by atoms with Crippen LogP contribution in [-0.2, 0) is 19.1 Å². The summed E-state index contributed by atoms with van der Waals surface area (Å²) in [5, 5.41) is 7.19. The molecule has 0 spiro atoms. The number of allylic oxidation sites excluding steroid dienone is 2. The summed E-state index contributed by atoms with van der Waals surface area (Å²) in [6.07, 6.45) is 4.06. The lowest BCUT2D eigenvalue weighted by atomic mass is 9.92. The molecule has 7 heteroatoms. The summed E-state index contributed by atoms with van der Waals surface area (Å²) in [6, 6.07) is 5.70. The first-order valence-corrected chi connectivity index (χ1v) is 8.57. The van der Waals surface area contributed by atoms with E-state index in [9.17, 15) is 14.4 Å². The highest BCUT2D eigenvalue weighted by Crippen LogP contribution is 2.36. The zero-order chi connectivity index (χ0) is 18.3. The number of benzene rings is 1. The summed E-state index contributed by atoms with van der Waals surface area (Å²) in [7, 11) is 1.40. The number of rotatable bonds is 3. The van der Waals surface area contributed by atoms with E-state index in [1.54, 1.807) is 0 Å². The Morgan fingerprint density at radius 1 is 1.35 bits per heavy atom. The molecule has 2 aliphatic rings. The molecule has 134 valence electrons. The Labute approximate surface area is 149 Å². The minimum Gasteiger partial charge on any atom is -0.469 e. The quantitative estimate of drug-likeness (QED) is 0.671. The van der Waals surface area contributed by atoms with Gasteiger partial charge in [0.1, 0.15) is 5.69 Å². The average molecular weight is 354 g/mol. The van der Waals surface area contributed by atoms with E-state index >= 15 is 0 Å². The zero-order valence-electron chi connectivity index (χ0n) is 14.3. The lowest BCUT2D eigenvalue weighted by Crippen LogP contribution is -2.39. The number of methoxy groups -OCH3 is 1. The van der Waals surface area contributed by atoms with E-state index < -0.39 is 5.92 Å². The molecule has 26 heavy (non-hydrogen) atoms. The van der Waals surface area contributed by atoms with E-state index in [0.29, 0.717) is 37.0 Å². The Morgan fingerprint density at radius 2 is 2.19 bits per heavy atom. The van der Waals surface area contributed by atoms with Gasteiger partial charge in [-0.3, -0.25) is 19.7 Å². The van der Waals surface area contributed by atoms with Crippen molar-refractivity contribution < 1.29 is 23.6 Å². The van der Waals surface area contributed by atoms with Crippen LogP contribution in [0, 0.1) is 5.92 Å². The van der Waals surface area contributed by atoms with Gasteiger partial charge in [-0.2, -0.15) is 0 Å². The minimum atomic E-state index is -0.478. The monoisotopic (exact) mass is 354 g/mol. The largest absolute Gasteiger partial charge is 0.469 e. The third-order valence-corrected chi connectivity index (χ3v) is 5.09. The molecule has 1 fully saturated rings. The van der Waals surface area contributed by atoms with Crippen LogP contribution in [-0.4, -0.2) is 30.1 Å². The maximum atomic E-state index is 12.1. The summed E-state index contributed by atoms with van der Waals surface area (Å²) in [6.45, 7) is 0. The van der Waals surface area contributed by atoms with Gasteiger partial charge in [0.15, 0.2) is 5.58 Å². The van der Waals surface area contributed by atoms with E-state index in [1.165, 1.54) is 7.11 Å². The molecule has 2 heterocycles. The number of piperidine rings is 1. The van der Waals surface area contributed by atoms with Crippen LogP contribution < -0.4 is 5.32 Å². The van der Waals surface area contributed by atoms with Gasteiger partial charge in [0.05, 0.1) is 18.9 Å². The van der Waals surface area contributed by atoms with E-state index in [0.717, 1.165) is 16.5 Å². The molecule has 2 unspecified atom stereocenters. The second kappa shape index (κ2) is 6.40. The second-order valence-electron chi connectivity index (χ2n) is 6.67. The first-order valence-electron chi connectivity index (χ1n) is 8.57. The number of nitrogens with zero attached hydrogens (tertiary/aromatic N) is 1. The van der Waals surface area contributed by atoms with Gasteiger partial charge < -0.3 is 9.26 Å². The van der Waals surface area contributed by atoms with Crippen molar-refractivity contribution in [2.75, 3.05) is 7.11 Å². The molecule has 2 atom stereocenters. The van der Waals surface area contributed by atoms with Crippen molar-refractivity contribution in [2.45, 2.75) is 31.6 Å². The van der Waals surface area contributed by atoms with E-state index in [2.05, 4.69) is 10.5 Å². The molecular weight excluding hydrogens is 336 g/mol. The molecule has 1 aliphatic carbocycles. The van der Waals surface area contributed by atoms with Crippen LogP contribution in [0.3, 0.4) is 0 Å². The van der Waals surface area contributed by atoms with Crippen molar-refractivity contribution in [3.63, 3.8) is 0 Å². The Morgan fingerprint density at radius 3 is 2.96 bits per heavy atom. The van der Waals surface area contributed by atoms with Crippen molar-refractivity contribution >= 4 is 34.3 Å². The minimum absolute atomic E-state index is 0.139. The van der Waals surface area contributed by atoms with Gasteiger partial charge in [-0.25, -0.2) is 0 Å². The fraction of sp³-hybridized carbons (Fsp3) is 0.368. The van der Waals surface area contributed by atoms with Crippen LogP contribution in [0.1, 0.15) is 42.9 Å². The van der Waals surface area contributed by atoms with Gasteiger partial charge in [0.2, 0.25) is 11.8 Å². The van der Waals surface area contributed by atoms with Crippen molar-refractivity contribution in [1.29, 1.82) is 0 Å². The Kier molecular flexibility index (Phi) is 4.06. The standard InChI is InChI=1S/C19H18N2O5/c1-25-19(24)12-3-2-10(8-12)11-4-5-13-15(9-11)26-21-17(13)14-6-7-16(22)20-18(14)23/h2,4-5,9,12,14H,3,6-8H2,1H3,(H,20,22,23). The van der Waals surface area contributed by atoms with Crippen LogP contribution in [0.4, 0.5) is 0 Å².